The zero-order valence-corrected chi connectivity index (χ0v) is 19.3. The van der Waals surface area contributed by atoms with Crippen molar-refractivity contribution in [2.24, 2.45) is 0 Å². The van der Waals surface area contributed by atoms with Crippen molar-refractivity contribution < 1.29 is 24.2 Å². The van der Waals surface area contributed by atoms with Crippen LogP contribution in [-0.2, 0) is 14.3 Å². The number of benzene rings is 2. The monoisotopic (exact) mass is 437 g/mol. The van der Waals surface area contributed by atoms with Crippen molar-refractivity contribution in [3.05, 3.63) is 70.8 Å². The molecule has 0 saturated carbocycles. The average molecular weight is 438 g/mol. The van der Waals surface area contributed by atoms with Crippen molar-refractivity contribution in [3.63, 3.8) is 0 Å². The second kappa shape index (κ2) is 10.0. The van der Waals surface area contributed by atoms with Gasteiger partial charge in [0.25, 0.3) is 11.7 Å². The van der Waals surface area contributed by atoms with E-state index >= 15 is 0 Å². The molecule has 0 aromatic heterocycles. The van der Waals surface area contributed by atoms with Crippen molar-refractivity contribution >= 4 is 17.4 Å². The van der Waals surface area contributed by atoms with Gasteiger partial charge in [-0.3, -0.25) is 9.59 Å². The van der Waals surface area contributed by atoms with Crippen LogP contribution in [-0.4, -0.2) is 47.1 Å². The van der Waals surface area contributed by atoms with Crippen molar-refractivity contribution in [3.8, 4) is 5.75 Å². The molecule has 1 N–H and O–H groups in total. The molecule has 0 radical (unpaired) electrons. The number of carbonyl (C=O) groups excluding carboxylic acids is 2. The third kappa shape index (κ3) is 5.02. The van der Waals surface area contributed by atoms with Crippen molar-refractivity contribution in [1.29, 1.82) is 0 Å². The fourth-order valence-corrected chi connectivity index (χ4v) is 3.83. The first-order valence-electron chi connectivity index (χ1n) is 10.9. The summed E-state index contributed by atoms with van der Waals surface area (Å²) in [7, 11) is 0. The van der Waals surface area contributed by atoms with Gasteiger partial charge in [-0.05, 0) is 70.0 Å². The van der Waals surface area contributed by atoms with Gasteiger partial charge in [0, 0.05) is 12.1 Å². The molecule has 32 heavy (non-hydrogen) atoms. The summed E-state index contributed by atoms with van der Waals surface area (Å²) in [5.41, 5.74) is 2.28. The number of rotatable bonds is 8. The van der Waals surface area contributed by atoms with Crippen molar-refractivity contribution in [2.45, 2.75) is 52.9 Å². The van der Waals surface area contributed by atoms with Gasteiger partial charge in [-0.1, -0.05) is 24.3 Å². The van der Waals surface area contributed by atoms with E-state index in [0.717, 1.165) is 11.1 Å². The summed E-state index contributed by atoms with van der Waals surface area (Å²) in [5.74, 6) is -0.854. The van der Waals surface area contributed by atoms with E-state index in [1.807, 2.05) is 58.9 Å². The van der Waals surface area contributed by atoms with Gasteiger partial charge in [-0.25, -0.2) is 0 Å². The molecule has 1 aliphatic rings. The topological polar surface area (TPSA) is 76.1 Å². The maximum Gasteiger partial charge on any atom is 0.295 e. The van der Waals surface area contributed by atoms with E-state index < -0.39 is 17.7 Å². The number of aryl methyl sites for hydroxylation is 1. The molecule has 1 unspecified atom stereocenters. The average Bonchev–Trinajstić information content (AvgIpc) is 2.98. The number of ether oxygens (including phenoxy) is 2. The lowest BCUT2D eigenvalue weighted by molar-refractivity contribution is -0.140. The fraction of sp³-hybridized carbons (Fsp3) is 0.385. The van der Waals surface area contributed by atoms with Crippen LogP contribution in [0.5, 0.6) is 5.75 Å². The number of Topliss-reactive ketones (excluding diaryl/α,β-unsaturated/α-hetero) is 1. The van der Waals surface area contributed by atoms with Crippen molar-refractivity contribution in [2.75, 3.05) is 13.2 Å². The molecule has 6 heteroatoms. The predicted molar refractivity (Wildman–Crippen MR) is 123 cm³/mol. The Hall–Kier alpha value is -3.12. The predicted octanol–water partition coefficient (Wildman–Crippen LogP) is 4.63. The van der Waals surface area contributed by atoms with E-state index in [-0.39, 0.29) is 30.1 Å². The second-order valence-electron chi connectivity index (χ2n) is 8.46. The Morgan fingerprint density at radius 1 is 1.00 bits per heavy atom. The number of aliphatic hydroxyl groups is 1. The molecular weight excluding hydrogens is 406 g/mol. The lowest BCUT2D eigenvalue weighted by atomic mass is 9.92. The smallest absolute Gasteiger partial charge is 0.295 e. The van der Waals surface area contributed by atoms with Crippen LogP contribution in [0, 0.1) is 6.92 Å². The Morgan fingerprint density at radius 3 is 2.25 bits per heavy atom. The summed E-state index contributed by atoms with van der Waals surface area (Å²) in [6.07, 6.45) is 0.0317. The van der Waals surface area contributed by atoms with Gasteiger partial charge < -0.3 is 19.5 Å². The third-order valence-corrected chi connectivity index (χ3v) is 5.31. The molecule has 1 aliphatic heterocycles. The fourth-order valence-electron chi connectivity index (χ4n) is 3.83. The molecule has 1 heterocycles. The number of likely N-dealkylation sites (tertiary alicyclic amines) is 1. The van der Waals surface area contributed by atoms with Gasteiger partial charge in [0.2, 0.25) is 0 Å². The molecule has 170 valence electrons. The Morgan fingerprint density at radius 2 is 1.66 bits per heavy atom. The van der Waals surface area contributed by atoms with E-state index in [4.69, 9.17) is 9.47 Å². The number of aliphatic hydroxyl groups excluding tert-OH is 1. The van der Waals surface area contributed by atoms with Crippen LogP contribution in [0.25, 0.3) is 5.76 Å². The first-order valence-corrected chi connectivity index (χ1v) is 10.9. The minimum Gasteiger partial charge on any atom is -0.507 e. The first-order chi connectivity index (χ1) is 15.2. The van der Waals surface area contributed by atoms with E-state index in [2.05, 4.69) is 0 Å². The SMILES string of the molecule is Cc1ccccc1C1/C(=C(/O)c2ccc(OC(C)C)cc2)C(=O)C(=O)N1CCOC(C)C. The Labute approximate surface area is 189 Å². The van der Waals surface area contributed by atoms with Crippen LogP contribution >= 0.6 is 0 Å². The normalized spacial score (nSPS) is 18.1. The van der Waals surface area contributed by atoms with Crippen LogP contribution < -0.4 is 4.74 Å². The summed E-state index contributed by atoms with van der Waals surface area (Å²) < 4.78 is 11.3. The van der Waals surface area contributed by atoms with Gasteiger partial charge in [0.05, 0.1) is 30.4 Å². The molecule has 0 spiro atoms. The van der Waals surface area contributed by atoms with Crippen LogP contribution in [0.3, 0.4) is 0 Å². The molecular formula is C26H31NO5. The number of ketones is 1. The van der Waals surface area contributed by atoms with Crippen molar-refractivity contribution in [1.82, 2.24) is 4.90 Å². The lowest BCUT2D eigenvalue weighted by Gasteiger charge is -2.26. The van der Waals surface area contributed by atoms with Gasteiger partial charge >= 0.3 is 0 Å². The van der Waals surface area contributed by atoms with E-state index in [1.165, 1.54) is 4.90 Å². The number of nitrogens with zero attached hydrogens (tertiary/aromatic N) is 1. The quantitative estimate of drug-likeness (QED) is 0.370. The summed E-state index contributed by atoms with van der Waals surface area (Å²) in [6.45, 7) is 10.2. The van der Waals surface area contributed by atoms with Crippen LogP contribution in [0.4, 0.5) is 0 Å². The van der Waals surface area contributed by atoms with Crippen LogP contribution in [0.2, 0.25) is 0 Å². The van der Waals surface area contributed by atoms with E-state index in [9.17, 15) is 14.7 Å². The van der Waals surface area contributed by atoms with Gasteiger partial charge in [0.1, 0.15) is 11.5 Å². The minimum absolute atomic E-state index is 0.00954. The van der Waals surface area contributed by atoms with Gasteiger partial charge in [-0.2, -0.15) is 0 Å². The number of hydrogen-bond acceptors (Lipinski definition) is 5. The maximum absolute atomic E-state index is 13.1. The van der Waals surface area contributed by atoms with Crippen LogP contribution in [0.1, 0.15) is 50.4 Å². The Balaban J connectivity index is 2.05. The molecule has 2 aromatic carbocycles. The van der Waals surface area contributed by atoms with E-state index in [0.29, 0.717) is 17.9 Å². The number of hydrogen-bond donors (Lipinski definition) is 1. The van der Waals surface area contributed by atoms with E-state index in [1.54, 1.807) is 24.3 Å². The Kier molecular flexibility index (Phi) is 7.36. The highest BCUT2D eigenvalue weighted by atomic mass is 16.5. The lowest BCUT2D eigenvalue weighted by Crippen LogP contribution is -2.33. The molecule has 0 bridgehead atoms. The molecule has 1 amide bonds. The Bertz CT molecular complexity index is 1010. The standard InChI is InChI=1S/C26H31NO5/c1-16(2)31-15-14-27-23(21-9-7-6-8-18(21)5)22(25(29)26(27)30)24(28)19-10-12-20(13-11-19)32-17(3)4/h6-13,16-17,23,28H,14-15H2,1-5H3/b24-22-. The summed E-state index contributed by atoms with van der Waals surface area (Å²) >= 11 is 0. The zero-order valence-electron chi connectivity index (χ0n) is 19.3. The molecule has 0 aliphatic carbocycles. The molecule has 1 atom stereocenters. The highest BCUT2D eigenvalue weighted by molar-refractivity contribution is 6.46. The van der Waals surface area contributed by atoms with Gasteiger partial charge in [0.15, 0.2) is 0 Å². The minimum atomic E-state index is -0.692. The molecule has 2 aromatic rings. The maximum atomic E-state index is 13.1. The number of amides is 1. The molecule has 1 saturated heterocycles. The first kappa shape index (κ1) is 23.5. The molecule has 3 rings (SSSR count). The largest absolute Gasteiger partial charge is 0.507 e. The number of carbonyl (C=O) groups is 2. The second-order valence-corrected chi connectivity index (χ2v) is 8.46. The molecule has 6 nitrogen and oxygen atoms in total. The highest BCUT2D eigenvalue weighted by Crippen LogP contribution is 2.40. The zero-order chi connectivity index (χ0) is 23.4. The summed E-state index contributed by atoms with van der Waals surface area (Å²) in [4.78, 5) is 27.5. The van der Waals surface area contributed by atoms with Crippen LogP contribution in [0.15, 0.2) is 54.1 Å². The summed E-state index contributed by atoms with van der Waals surface area (Å²) in [5, 5.41) is 11.1. The van der Waals surface area contributed by atoms with Gasteiger partial charge in [-0.15, -0.1) is 0 Å². The highest BCUT2D eigenvalue weighted by Gasteiger charge is 2.46. The third-order valence-electron chi connectivity index (χ3n) is 5.31. The molecule has 1 fully saturated rings. The summed E-state index contributed by atoms with van der Waals surface area (Å²) in [6, 6.07) is 13.8.